The van der Waals surface area contributed by atoms with Gasteiger partial charge in [-0.15, -0.1) is 0 Å². The summed E-state index contributed by atoms with van der Waals surface area (Å²) in [5.41, 5.74) is -0.549. The Balaban J connectivity index is 2.10. The van der Waals surface area contributed by atoms with Gasteiger partial charge in [0, 0.05) is 14.1 Å². The normalized spacial score (nSPS) is 19.6. The van der Waals surface area contributed by atoms with Crippen molar-refractivity contribution < 1.29 is 23.9 Å². The van der Waals surface area contributed by atoms with Crippen molar-refractivity contribution in [1.29, 1.82) is 0 Å². The molecule has 1 heterocycles. The van der Waals surface area contributed by atoms with Crippen molar-refractivity contribution in [2.24, 2.45) is 0 Å². The van der Waals surface area contributed by atoms with Crippen molar-refractivity contribution >= 4 is 23.8 Å². The average molecular weight is 347 g/mol. The number of ether oxygens (including phenoxy) is 1. The van der Waals surface area contributed by atoms with Crippen LogP contribution < -0.4 is 5.32 Å². The molecule has 0 aliphatic carbocycles. The van der Waals surface area contributed by atoms with Crippen molar-refractivity contribution in [3.63, 3.8) is 0 Å². The maximum Gasteiger partial charge on any atom is 0.326 e. The molecular weight excluding hydrogens is 326 g/mol. The molecule has 1 atom stereocenters. The van der Waals surface area contributed by atoms with Crippen LogP contribution in [-0.4, -0.2) is 60.9 Å². The molecule has 1 aliphatic rings. The molecule has 2 rings (SSSR count). The van der Waals surface area contributed by atoms with E-state index < -0.39 is 42.5 Å². The number of esters is 1. The summed E-state index contributed by atoms with van der Waals surface area (Å²) in [6.45, 7) is 0.801. The maximum atomic E-state index is 12.8. The highest BCUT2D eigenvalue weighted by molar-refractivity contribution is 6.09. The van der Waals surface area contributed by atoms with Gasteiger partial charge < -0.3 is 15.0 Å². The lowest BCUT2D eigenvalue weighted by atomic mass is 9.87. The third-order valence-electron chi connectivity index (χ3n) is 4.12. The zero-order valence-electron chi connectivity index (χ0n) is 14.4. The van der Waals surface area contributed by atoms with Crippen LogP contribution in [0.5, 0.6) is 0 Å². The Bertz CT molecular complexity index is 689. The van der Waals surface area contributed by atoms with E-state index >= 15 is 0 Å². The first kappa shape index (κ1) is 18.4. The molecule has 1 saturated heterocycles. The van der Waals surface area contributed by atoms with Gasteiger partial charge in [0.25, 0.3) is 11.8 Å². The lowest BCUT2D eigenvalue weighted by Crippen LogP contribution is -2.44. The second-order valence-electron chi connectivity index (χ2n) is 5.90. The zero-order valence-corrected chi connectivity index (χ0v) is 14.4. The van der Waals surface area contributed by atoms with Gasteiger partial charge in [-0.3, -0.25) is 19.3 Å². The van der Waals surface area contributed by atoms with E-state index in [-0.39, 0.29) is 0 Å². The monoisotopic (exact) mass is 347 g/mol. The molecule has 0 radical (unpaired) electrons. The van der Waals surface area contributed by atoms with E-state index in [2.05, 4.69) is 5.32 Å². The highest BCUT2D eigenvalue weighted by atomic mass is 16.5. The number of urea groups is 1. The Kier molecular flexibility index (Phi) is 5.41. The second kappa shape index (κ2) is 7.33. The van der Waals surface area contributed by atoms with Crippen LogP contribution in [0.1, 0.15) is 18.9 Å². The molecule has 0 aromatic heterocycles. The molecule has 1 unspecified atom stereocenters. The topological polar surface area (TPSA) is 96.0 Å². The molecule has 1 aliphatic heterocycles. The highest BCUT2D eigenvalue weighted by Gasteiger charge is 2.51. The van der Waals surface area contributed by atoms with Gasteiger partial charge in [0.2, 0.25) is 0 Å². The van der Waals surface area contributed by atoms with Crippen LogP contribution in [0.15, 0.2) is 30.3 Å². The summed E-state index contributed by atoms with van der Waals surface area (Å²) in [5, 5.41) is 2.68. The van der Waals surface area contributed by atoms with Crippen LogP contribution in [0, 0.1) is 0 Å². The number of amides is 4. The number of rotatable bonds is 6. The first-order valence-electron chi connectivity index (χ1n) is 7.87. The fourth-order valence-corrected chi connectivity index (χ4v) is 2.58. The summed E-state index contributed by atoms with van der Waals surface area (Å²) in [6, 6.07) is 8.20. The van der Waals surface area contributed by atoms with E-state index in [0.29, 0.717) is 12.0 Å². The number of hydrogen-bond acceptors (Lipinski definition) is 5. The number of hydrogen-bond donors (Lipinski definition) is 1. The summed E-state index contributed by atoms with van der Waals surface area (Å²) in [6.07, 6.45) is 0.340. The van der Waals surface area contributed by atoms with E-state index in [1.807, 2.05) is 6.07 Å². The molecule has 25 heavy (non-hydrogen) atoms. The molecule has 134 valence electrons. The predicted octanol–water partition coefficient (Wildman–Crippen LogP) is 0.475. The summed E-state index contributed by atoms with van der Waals surface area (Å²) >= 11 is 0. The number of likely N-dealkylation sites (N-methyl/N-ethyl adjacent to an activating group) is 1. The number of carbonyl (C=O) groups excluding carboxylic acids is 4. The number of carbonyl (C=O) groups is 4. The van der Waals surface area contributed by atoms with Crippen LogP contribution in [0.2, 0.25) is 0 Å². The van der Waals surface area contributed by atoms with E-state index in [1.165, 1.54) is 19.0 Å². The molecule has 1 fully saturated rings. The minimum absolute atomic E-state index is 0.340. The quantitative estimate of drug-likeness (QED) is 0.596. The summed E-state index contributed by atoms with van der Waals surface area (Å²) in [5.74, 6) is -1.72. The van der Waals surface area contributed by atoms with E-state index in [1.54, 1.807) is 31.2 Å². The van der Waals surface area contributed by atoms with Crippen molar-refractivity contribution in [3.8, 4) is 0 Å². The summed E-state index contributed by atoms with van der Waals surface area (Å²) in [4.78, 5) is 50.5. The van der Waals surface area contributed by atoms with Gasteiger partial charge in [0.05, 0.1) is 0 Å². The van der Waals surface area contributed by atoms with Gasteiger partial charge in [-0.25, -0.2) is 4.79 Å². The third kappa shape index (κ3) is 3.62. The van der Waals surface area contributed by atoms with Crippen LogP contribution in [0.4, 0.5) is 4.79 Å². The van der Waals surface area contributed by atoms with Crippen LogP contribution in [0.25, 0.3) is 0 Å². The Morgan fingerprint density at radius 2 is 1.84 bits per heavy atom. The van der Waals surface area contributed by atoms with Crippen molar-refractivity contribution in [3.05, 3.63) is 35.9 Å². The maximum absolute atomic E-state index is 12.8. The summed E-state index contributed by atoms with van der Waals surface area (Å²) in [7, 11) is 3.06. The lowest BCUT2D eigenvalue weighted by Gasteiger charge is -2.25. The number of imide groups is 1. The second-order valence-corrected chi connectivity index (χ2v) is 5.90. The number of nitrogens with one attached hydrogen (secondary N) is 1. The molecule has 8 nitrogen and oxygen atoms in total. The molecule has 0 spiro atoms. The molecule has 0 saturated carbocycles. The Labute approximate surface area is 145 Å². The SMILES string of the molecule is CCC1(c2ccccc2)NC(=O)N(CC(=O)OCC(=O)N(C)C)C1=O. The molecular formula is C17H21N3O5. The molecule has 1 aromatic rings. The third-order valence-corrected chi connectivity index (χ3v) is 4.12. The Morgan fingerprint density at radius 1 is 1.20 bits per heavy atom. The van der Waals surface area contributed by atoms with Gasteiger partial charge in [0.1, 0.15) is 12.1 Å². The zero-order chi connectivity index (χ0) is 18.6. The van der Waals surface area contributed by atoms with Crippen molar-refractivity contribution in [2.45, 2.75) is 18.9 Å². The molecule has 0 bridgehead atoms. The lowest BCUT2D eigenvalue weighted by molar-refractivity contribution is -0.153. The smallest absolute Gasteiger partial charge is 0.326 e. The van der Waals surface area contributed by atoms with Crippen molar-refractivity contribution in [1.82, 2.24) is 15.1 Å². The molecule has 1 aromatic carbocycles. The molecule has 1 N–H and O–H groups in total. The van der Waals surface area contributed by atoms with Crippen LogP contribution in [0.3, 0.4) is 0 Å². The average Bonchev–Trinajstić information content (AvgIpc) is 2.85. The Hall–Kier alpha value is -2.90. The largest absolute Gasteiger partial charge is 0.454 e. The number of nitrogens with zero attached hydrogens (tertiary/aromatic N) is 2. The van der Waals surface area contributed by atoms with E-state index in [9.17, 15) is 19.2 Å². The van der Waals surface area contributed by atoms with Gasteiger partial charge in [-0.05, 0) is 12.0 Å². The number of benzene rings is 1. The first-order chi connectivity index (χ1) is 11.8. The van der Waals surface area contributed by atoms with E-state index in [0.717, 1.165) is 4.90 Å². The minimum Gasteiger partial charge on any atom is -0.454 e. The fraction of sp³-hybridized carbons (Fsp3) is 0.412. The fourth-order valence-electron chi connectivity index (χ4n) is 2.58. The summed E-state index contributed by atoms with van der Waals surface area (Å²) < 4.78 is 4.83. The minimum atomic E-state index is -1.20. The van der Waals surface area contributed by atoms with Crippen molar-refractivity contribution in [2.75, 3.05) is 27.2 Å². The molecule has 4 amide bonds. The van der Waals surface area contributed by atoms with Gasteiger partial charge >= 0.3 is 12.0 Å². The van der Waals surface area contributed by atoms with Gasteiger partial charge in [-0.1, -0.05) is 37.3 Å². The first-order valence-corrected chi connectivity index (χ1v) is 7.87. The predicted molar refractivity (Wildman–Crippen MR) is 88.3 cm³/mol. The molecule has 8 heteroatoms. The standard InChI is InChI=1S/C17H21N3O5/c1-4-17(12-8-6-5-7-9-12)15(23)20(16(24)18-17)10-14(22)25-11-13(21)19(2)3/h5-9H,4,10-11H2,1-3H3,(H,18,24). The van der Waals surface area contributed by atoms with Gasteiger partial charge in [-0.2, -0.15) is 0 Å². The van der Waals surface area contributed by atoms with Crippen LogP contribution >= 0.6 is 0 Å². The Morgan fingerprint density at radius 3 is 2.40 bits per heavy atom. The van der Waals surface area contributed by atoms with Gasteiger partial charge in [0.15, 0.2) is 6.61 Å². The van der Waals surface area contributed by atoms with E-state index in [4.69, 9.17) is 4.74 Å². The van der Waals surface area contributed by atoms with Crippen LogP contribution in [-0.2, 0) is 24.7 Å². The highest BCUT2D eigenvalue weighted by Crippen LogP contribution is 2.32.